The van der Waals surface area contributed by atoms with Gasteiger partial charge in [0.15, 0.2) is 0 Å². The zero-order chi connectivity index (χ0) is 11.2. The summed E-state index contributed by atoms with van der Waals surface area (Å²) in [4.78, 5) is 4.41. The predicted molar refractivity (Wildman–Crippen MR) is 62.4 cm³/mol. The van der Waals surface area contributed by atoms with E-state index in [1.54, 1.807) is 0 Å². The Morgan fingerprint density at radius 3 is 2.94 bits per heavy atom. The van der Waals surface area contributed by atoms with Gasteiger partial charge in [0.2, 0.25) is 0 Å². The third-order valence-corrected chi connectivity index (χ3v) is 2.79. The fraction of sp³-hybridized carbons (Fsp3) is 0.700. The number of aliphatic imine (C=N–C) groups is 1. The predicted octanol–water partition coefficient (Wildman–Crippen LogP) is -0.422. The average molecular weight is 225 g/mol. The van der Waals surface area contributed by atoms with Crippen molar-refractivity contribution >= 4 is 6.34 Å². The molecule has 2 heterocycles. The number of hydrogen-bond donors (Lipinski definition) is 3. The van der Waals surface area contributed by atoms with Crippen LogP contribution in [-0.2, 0) is 4.74 Å². The molecule has 90 valence electrons. The molecule has 1 fully saturated rings. The summed E-state index contributed by atoms with van der Waals surface area (Å²) >= 11 is 0. The molecule has 0 aromatic heterocycles. The minimum atomic E-state index is 0.0238. The average Bonchev–Trinajstić information content (AvgIpc) is 2.84. The zero-order valence-corrected chi connectivity index (χ0v) is 9.52. The maximum absolute atomic E-state index is 5.34. The van der Waals surface area contributed by atoms with Crippen LogP contribution >= 0.6 is 0 Å². The van der Waals surface area contributed by atoms with Gasteiger partial charge in [0.05, 0.1) is 6.04 Å². The molecule has 0 aliphatic carbocycles. The van der Waals surface area contributed by atoms with Crippen LogP contribution in [0.2, 0.25) is 0 Å². The smallest absolute Gasteiger partial charge is 0.138 e. The monoisotopic (exact) mass is 225 g/mol. The lowest BCUT2D eigenvalue weighted by Crippen LogP contribution is -2.46. The third kappa shape index (κ3) is 2.94. The lowest BCUT2D eigenvalue weighted by atomic mass is 10.1. The van der Waals surface area contributed by atoms with Crippen molar-refractivity contribution in [1.82, 2.24) is 21.3 Å². The first-order valence-electron chi connectivity index (χ1n) is 5.64. The molecule has 6 heteroatoms. The van der Waals surface area contributed by atoms with Gasteiger partial charge < -0.3 is 10.2 Å². The molecule has 0 aromatic rings. The van der Waals surface area contributed by atoms with Gasteiger partial charge in [0.25, 0.3) is 0 Å². The summed E-state index contributed by atoms with van der Waals surface area (Å²) in [6.45, 7) is 1.67. The molecule has 2 rings (SSSR count). The first kappa shape index (κ1) is 11.4. The second-order valence-electron chi connectivity index (χ2n) is 3.83. The Morgan fingerprint density at radius 2 is 2.31 bits per heavy atom. The second-order valence-corrected chi connectivity index (χ2v) is 3.83. The van der Waals surface area contributed by atoms with E-state index in [0.29, 0.717) is 6.04 Å². The molecule has 0 radical (unpaired) electrons. The van der Waals surface area contributed by atoms with Gasteiger partial charge in [0.1, 0.15) is 12.5 Å². The van der Waals surface area contributed by atoms with Crippen LogP contribution in [0.25, 0.3) is 0 Å². The maximum Gasteiger partial charge on any atom is 0.138 e. The standard InChI is InChI=1S/C10H19N5O/c1-11-15(9-3-6-16-7-4-9)8-12-10-2-5-13-14-10/h2,5,8-11,13-14H,3-4,6-7H2,1H3/b12-8-. The minimum Gasteiger partial charge on any atom is -0.381 e. The Bertz CT molecular complexity index is 262. The number of rotatable bonds is 4. The first-order valence-corrected chi connectivity index (χ1v) is 5.64. The lowest BCUT2D eigenvalue weighted by Gasteiger charge is -2.31. The highest BCUT2D eigenvalue weighted by Crippen LogP contribution is 2.11. The molecule has 0 spiro atoms. The molecule has 1 unspecified atom stereocenters. The highest BCUT2D eigenvalue weighted by atomic mass is 16.5. The first-order chi connectivity index (χ1) is 7.90. The number of ether oxygens (including phenoxy) is 1. The molecule has 1 saturated heterocycles. The SMILES string of the molecule is CNN(/C=N\C1C=CNN1)C1CCOCC1. The minimum absolute atomic E-state index is 0.0238. The summed E-state index contributed by atoms with van der Waals surface area (Å²) in [5, 5.41) is 2.05. The fourth-order valence-electron chi connectivity index (χ4n) is 1.85. The highest BCUT2D eigenvalue weighted by molar-refractivity contribution is 5.55. The van der Waals surface area contributed by atoms with Gasteiger partial charge in [-0.05, 0) is 18.9 Å². The van der Waals surface area contributed by atoms with Crippen LogP contribution < -0.4 is 16.3 Å². The zero-order valence-electron chi connectivity index (χ0n) is 9.52. The van der Waals surface area contributed by atoms with Crippen LogP contribution in [-0.4, -0.2) is 43.8 Å². The maximum atomic E-state index is 5.34. The summed E-state index contributed by atoms with van der Waals surface area (Å²) in [7, 11) is 1.91. The molecular formula is C10H19N5O. The van der Waals surface area contributed by atoms with Gasteiger partial charge in [-0.15, -0.1) is 0 Å². The number of nitrogens with one attached hydrogen (secondary N) is 3. The molecule has 2 aliphatic heterocycles. The summed E-state index contributed by atoms with van der Waals surface area (Å²) in [6.07, 6.45) is 7.77. The molecule has 1 atom stereocenters. The van der Waals surface area contributed by atoms with Crippen molar-refractivity contribution in [2.75, 3.05) is 20.3 Å². The molecule has 0 amide bonds. The quantitative estimate of drug-likeness (QED) is 0.344. The Kier molecular flexibility index (Phi) is 4.15. The largest absolute Gasteiger partial charge is 0.381 e. The van der Waals surface area contributed by atoms with Crippen LogP contribution in [0.1, 0.15) is 12.8 Å². The summed E-state index contributed by atoms with van der Waals surface area (Å²) in [5.41, 5.74) is 9.04. The van der Waals surface area contributed by atoms with Crippen LogP contribution in [0.5, 0.6) is 0 Å². The number of nitrogens with zero attached hydrogens (tertiary/aromatic N) is 2. The second kappa shape index (κ2) is 5.83. The molecule has 2 aliphatic rings. The van der Waals surface area contributed by atoms with E-state index in [1.807, 2.05) is 25.7 Å². The topological polar surface area (TPSA) is 60.9 Å². The van der Waals surface area contributed by atoms with Crippen molar-refractivity contribution in [3.63, 3.8) is 0 Å². The molecule has 3 N–H and O–H groups in total. The van der Waals surface area contributed by atoms with E-state index in [1.165, 1.54) is 0 Å². The molecule has 0 bridgehead atoms. The van der Waals surface area contributed by atoms with E-state index in [-0.39, 0.29) is 6.17 Å². The van der Waals surface area contributed by atoms with Gasteiger partial charge in [0, 0.05) is 26.5 Å². The van der Waals surface area contributed by atoms with Crippen molar-refractivity contribution in [2.24, 2.45) is 4.99 Å². The Hall–Kier alpha value is -1.11. The van der Waals surface area contributed by atoms with E-state index in [2.05, 4.69) is 26.3 Å². The van der Waals surface area contributed by atoms with E-state index < -0.39 is 0 Å². The van der Waals surface area contributed by atoms with E-state index in [0.717, 1.165) is 26.1 Å². The van der Waals surface area contributed by atoms with Crippen molar-refractivity contribution in [2.45, 2.75) is 25.0 Å². The van der Waals surface area contributed by atoms with E-state index >= 15 is 0 Å². The van der Waals surface area contributed by atoms with Gasteiger partial charge in [-0.3, -0.25) is 5.01 Å². The Balaban J connectivity index is 1.85. The lowest BCUT2D eigenvalue weighted by molar-refractivity contribution is 0.0468. The van der Waals surface area contributed by atoms with Crippen molar-refractivity contribution in [3.8, 4) is 0 Å². The Morgan fingerprint density at radius 1 is 1.50 bits per heavy atom. The van der Waals surface area contributed by atoms with Crippen LogP contribution in [0.15, 0.2) is 17.3 Å². The number of hydrogen-bond acceptors (Lipinski definition) is 5. The molecular weight excluding hydrogens is 206 g/mol. The van der Waals surface area contributed by atoms with Gasteiger partial charge in [-0.1, -0.05) is 0 Å². The van der Waals surface area contributed by atoms with E-state index in [9.17, 15) is 0 Å². The van der Waals surface area contributed by atoms with Crippen molar-refractivity contribution in [3.05, 3.63) is 12.3 Å². The van der Waals surface area contributed by atoms with E-state index in [4.69, 9.17) is 4.74 Å². The van der Waals surface area contributed by atoms with Crippen LogP contribution in [0, 0.1) is 0 Å². The molecule has 16 heavy (non-hydrogen) atoms. The summed E-state index contributed by atoms with van der Waals surface area (Å²) in [5.74, 6) is 0. The molecule has 6 nitrogen and oxygen atoms in total. The number of hydrazine groups is 2. The fourth-order valence-corrected chi connectivity index (χ4v) is 1.85. The molecule has 0 aromatic carbocycles. The van der Waals surface area contributed by atoms with Gasteiger partial charge in [-0.25, -0.2) is 15.8 Å². The van der Waals surface area contributed by atoms with Crippen LogP contribution in [0.3, 0.4) is 0 Å². The van der Waals surface area contributed by atoms with Crippen LogP contribution in [0.4, 0.5) is 0 Å². The van der Waals surface area contributed by atoms with Gasteiger partial charge >= 0.3 is 0 Å². The Labute approximate surface area is 95.7 Å². The third-order valence-electron chi connectivity index (χ3n) is 2.79. The van der Waals surface area contributed by atoms with Crippen molar-refractivity contribution in [1.29, 1.82) is 0 Å². The summed E-state index contributed by atoms with van der Waals surface area (Å²) in [6, 6.07) is 0.473. The normalized spacial score (nSPS) is 26.2. The van der Waals surface area contributed by atoms with Crippen molar-refractivity contribution < 1.29 is 4.74 Å². The highest BCUT2D eigenvalue weighted by Gasteiger charge is 2.18. The van der Waals surface area contributed by atoms with Gasteiger partial charge in [-0.2, -0.15) is 0 Å². The summed E-state index contributed by atoms with van der Waals surface area (Å²) < 4.78 is 5.34. The molecule has 0 saturated carbocycles.